The fourth-order valence-electron chi connectivity index (χ4n) is 2.67. The van der Waals surface area contributed by atoms with Crippen LogP contribution in [0.3, 0.4) is 0 Å². The normalized spacial score (nSPS) is 11.1. The topological polar surface area (TPSA) is 54.9 Å². The van der Waals surface area contributed by atoms with E-state index in [2.05, 4.69) is 34.7 Å². The fourth-order valence-corrected chi connectivity index (χ4v) is 2.67. The number of guanidine groups is 1. The molecule has 5 nitrogen and oxygen atoms in total. The minimum Gasteiger partial charge on any atom is -0.496 e. The van der Waals surface area contributed by atoms with Gasteiger partial charge in [-0.25, -0.2) is 0 Å². The molecule has 0 bridgehead atoms. The fraction of sp³-hybridized carbons (Fsp3) is 0.350. The van der Waals surface area contributed by atoms with Crippen LogP contribution in [0, 0.1) is 6.92 Å². The summed E-state index contributed by atoms with van der Waals surface area (Å²) in [5, 5.41) is 6.65. The lowest BCUT2D eigenvalue weighted by atomic mass is 10.1. The summed E-state index contributed by atoms with van der Waals surface area (Å²) in [5.41, 5.74) is 3.51. The summed E-state index contributed by atoms with van der Waals surface area (Å²) < 4.78 is 10.8. The molecule has 0 aliphatic rings. The van der Waals surface area contributed by atoms with Gasteiger partial charge in [0.1, 0.15) is 11.5 Å². The van der Waals surface area contributed by atoms with E-state index in [1.165, 1.54) is 11.1 Å². The minimum atomic E-state index is 0.650. The van der Waals surface area contributed by atoms with Crippen LogP contribution in [0.5, 0.6) is 11.5 Å². The molecule has 2 N–H and O–H groups in total. The summed E-state index contributed by atoms with van der Waals surface area (Å²) in [6.45, 7) is 3.51. The molecule has 0 amide bonds. The molecular weight excluding hydrogens is 314 g/mol. The maximum Gasteiger partial charge on any atom is 0.191 e. The van der Waals surface area contributed by atoms with Crippen molar-refractivity contribution in [2.75, 3.05) is 27.8 Å². The van der Waals surface area contributed by atoms with Crippen LogP contribution in [-0.4, -0.2) is 33.8 Å². The molecule has 0 spiro atoms. The van der Waals surface area contributed by atoms with E-state index in [0.29, 0.717) is 6.54 Å². The Morgan fingerprint density at radius 2 is 1.68 bits per heavy atom. The highest BCUT2D eigenvalue weighted by molar-refractivity contribution is 5.79. The molecule has 0 saturated carbocycles. The molecule has 0 saturated heterocycles. The lowest BCUT2D eigenvalue weighted by Crippen LogP contribution is -2.37. The standard InChI is InChI=1S/C20H27N3O2/c1-15-9-10-19(25-4)16(13-15)11-12-22-20(21-2)23-14-17-7-5-6-8-18(17)24-3/h5-10,13H,11-12,14H2,1-4H3,(H2,21,22,23). The van der Waals surface area contributed by atoms with E-state index >= 15 is 0 Å². The molecule has 0 fully saturated rings. The van der Waals surface area contributed by atoms with Crippen molar-refractivity contribution in [3.63, 3.8) is 0 Å². The second-order valence-corrected chi connectivity index (χ2v) is 5.73. The van der Waals surface area contributed by atoms with Crippen LogP contribution in [-0.2, 0) is 13.0 Å². The number of hydrogen-bond donors (Lipinski definition) is 2. The first-order valence-electron chi connectivity index (χ1n) is 8.38. The average Bonchev–Trinajstić information content (AvgIpc) is 2.65. The number of aliphatic imine (C=N–C) groups is 1. The number of ether oxygens (including phenoxy) is 2. The van der Waals surface area contributed by atoms with Crippen molar-refractivity contribution in [2.24, 2.45) is 4.99 Å². The van der Waals surface area contributed by atoms with Gasteiger partial charge in [0.25, 0.3) is 0 Å². The monoisotopic (exact) mass is 341 g/mol. The summed E-state index contributed by atoms with van der Waals surface area (Å²) in [6.07, 6.45) is 0.861. The van der Waals surface area contributed by atoms with E-state index in [-0.39, 0.29) is 0 Å². The number of benzene rings is 2. The Bertz CT molecular complexity index is 714. The van der Waals surface area contributed by atoms with Crippen molar-refractivity contribution in [1.29, 1.82) is 0 Å². The first-order chi connectivity index (χ1) is 12.2. The van der Waals surface area contributed by atoms with E-state index in [9.17, 15) is 0 Å². The number of hydrogen-bond acceptors (Lipinski definition) is 3. The first-order valence-corrected chi connectivity index (χ1v) is 8.38. The zero-order valence-corrected chi connectivity index (χ0v) is 15.4. The Hall–Kier alpha value is -2.69. The van der Waals surface area contributed by atoms with Gasteiger partial charge in [0.05, 0.1) is 14.2 Å². The van der Waals surface area contributed by atoms with Crippen LogP contribution in [0.1, 0.15) is 16.7 Å². The number of nitrogens with one attached hydrogen (secondary N) is 2. The molecule has 25 heavy (non-hydrogen) atoms. The van der Waals surface area contributed by atoms with Gasteiger partial charge in [-0.15, -0.1) is 0 Å². The summed E-state index contributed by atoms with van der Waals surface area (Å²) >= 11 is 0. The predicted molar refractivity (Wildman–Crippen MR) is 103 cm³/mol. The Morgan fingerprint density at radius 3 is 2.40 bits per heavy atom. The highest BCUT2D eigenvalue weighted by Gasteiger charge is 2.05. The molecule has 0 aliphatic heterocycles. The van der Waals surface area contributed by atoms with Gasteiger partial charge in [-0.3, -0.25) is 4.99 Å². The molecule has 2 aromatic carbocycles. The average molecular weight is 341 g/mol. The summed E-state index contributed by atoms with van der Waals surface area (Å²) in [6, 6.07) is 14.2. The maximum absolute atomic E-state index is 5.43. The lowest BCUT2D eigenvalue weighted by molar-refractivity contribution is 0.408. The second-order valence-electron chi connectivity index (χ2n) is 5.73. The number of nitrogens with zero attached hydrogens (tertiary/aromatic N) is 1. The third-order valence-electron chi connectivity index (χ3n) is 3.99. The maximum atomic E-state index is 5.43. The van der Waals surface area contributed by atoms with E-state index in [0.717, 1.165) is 36.0 Å². The smallest absolute Gasteiger partial charge is 0.191 e. The quantitative estimate of drug-likeness (QED) is 0.601. The SMILES string of the molecule is CN=C(NCCc1cc(C)ccc1OC)NCc1ccccc1OC. The lowest BCUT2D eigenvalue weighted by Gasteiger charge is -2.14. The number of aryl methyl sites for hydroxylation is 1. The molecule has 2 rings (SSSR count). The summed E-state index contributed by atoms with van der Waals surface area (Å²) in [4.78, 5) is 4.27. The Labute approximate surface area is 150 Å². The van der Waals surface area contributed by atoms with Crippen LogP contribution in [0.25, 0.3) is 0 Å². The van der Waals surface area contributed by atoms with Crippen LogP contribution >= 0.6 is 0 Å². The van der Waals surface area contributed by atoms with E-state index < -0.39 is 0 Å². The van der Waals surface area contributed by atoms with Gasteiger partial charge in [-0.1, -0.05) is 35.9 Å². The molecule has 0 aromatic heterocycles. The van der Waals surface area contributed by atoms with Gasteiger partial charge in [0.2, 0.25) is 0 Å². The van der Waals surface area contributed by atoms with Gasteiger partial charge in [0.15, 0.2) is 5.96 Å². The van der Waals surface area contributed by atoms with Crippen molar-refractivity contribution in [3.8, 4) is 11.5 Å². The molecule has 134 valence electrons. The van der Waals surface area contributed by atoms with Crippen LogP contribution in [0.15, 0.2) is 47.5 Å². The molecule has 0 radical (unpaired) electrons. The molecule has 2 aromatic rings. The second kappa shape index (κ2) is 9.57. The number of rotatable bonds is 7. The zero-order valence-electron chi connectivity index (χ0n) is 15.4. The van der Waals surface area contributed by atoms with Gasteiger partial charge in [-0.2, -0.15) is 0 Å². The molecule has 5 heteroatoms. The molecule has 0 atom stereocenters. The predicted octanol–water partition coefficient (Wildman–Crippen LogP) is 2.92. The zero-order chi connectivity index (χ0) is 18.1. The van der Waals surface area contributed by atoms with Crippen molar-refractivity contribution in [3.05, 3.63) is 59.2 Å². The van der Waals surface area contributed by atoms with Gasteiger partial charge >= 0.3 is 0 Å². The van der Waals surface area contributed by atoms with Crippen LogP contribution in [0.2, 0.25) is 0 Å². The van der Waals surface area contributed by atoms with Crippen molar-refractivity contribution in [2.45, 2.75) is 19.9 Å². The van der Waals surface area contributed by atoms with Crippen LogP contribution < -0.4 is 20.1 Å². The van der Waals surface area contributed by atoms with Crippen molar-refractivity contribution in [1.82, 2.24) is 10.6 Å². The number of methoxy groups -OCH3 is 2. The molecular formula is C20H27N3O2. The van der Waals surface area contributed by atoms with E-state index in [1.54, 1.807) is 21.3 Å². The van der Waals surface area contributed by atoms with Gasteiger partial charge < -0.3 is 20.1 Å². The Balaban J connectivity index is 1.88. The first kappa shape index (κ1) is 18.6. The van der Waals surface area contributed by atoms with Crippen molar-refractivity contribution < 1.29 is 9.47 Å². The highest BCUT2D eigenvalue weighted by Crippen LogP contribution is 2.20. The van der Waals surface area contributed by atoms with Gasteiger partial charge in [-0.05, 0) is 31.0 Å². The molecule has 0 heterocycles. The summed E-state index contributed by atoms with van der Waals surface area (Å²) in [5.74, 6) is 2.55. The third kappa shape index (κ3) is 5.41. The third-order valence-corrected chi connectivity index (χ3v) is 3.99. The minimum absolute atomic E-state index is 0.650. The highest BCUT2D eigenvalue weighted by atomic mass is 16.5. The van der Waals surface area contributed by atoms with E-state index in [4.69, 9.17) is 9.47 Å². The Morgan fingerprint density at radius 1 is 0.960 bits per heavy atom. The van der Waals surface area contributed by atoms with Gasteiger partial charge in [0, 0.05) is 25.7 Å². The number of para-hydroxylation sites is 1. The van der Waals surface area contributed by atoms with Crippen LogP contribution in [0.4, 0.5) is 0 Å². The molecule has 0 aliphatic carbocycles. The van der Waals surface area contributed by atoms with Crippen molar-refractivity contribution >= 4 is 5.96 Å². The van der Waals surface area contributed by atoms with E-state index in [1.807, 2.05) is 30.3 Å². The Kier molecular flexibility index (Phi) is 7.14. The largest absolute Gasteiger partial charge is 0.496 e. The molecule has 0 unspecified atom stereocenters. The summed E-state index contributed by atoms with van der Waals surface area (Å²) in [7, 11) is 5.15.